The lowest BCUT2D eigenvalue weighted by atomic mass is 9.83. The van der Waals surface area contributed by atoms with Crippen LogP contribution in [0.1, 0.15) is 23.5 Å². The third kappa shape index (κ3) is 2.97. The number of carbonyl (C=O) groups excluding carboxylic acids is 1. The van der Waals surface area contributed by atoms with Crippen LogP contribution in [0.3, 0.4) is 0 Å². The lowest BCUT2D eigenvalue weighted by Crippen LogP contribution is -2.35. The number of nitrogens with zero attached hydrogens (tertiary/aromatic N) is 2. The maximum atomic E-state index is 12.8. The molecule has 1 aliphatic rings. The summed E-state index contributed by atoms with van der Waals surface area (Å²) in [6, 6.07) is 0. The lowest BCUT2D eigenvalue weighted by Gasteiger charge is -2.27. The first-order chi connectivity index (χ1) is 10.1. The number of halogens is 1. The summed E-state index contributed by atoms with van der Waals surface area (Å²) in [5.41, 5.74) is 1.55. The van der Waals surface area contributed by atoms with Gasteiger partial charge in [0.05, 0.1) is 22.9 Å². The highest BCUT2D eigenvalue weighted by Crippen LogP contribution is 2.34. The fraction of sp³-hybridized carbons (Fsp3) is 0.462. The average Bonchev–Trinajstić information content (AvgIpc) is 3.01. The number of thiazole rings is 2. The molecule has 1 amide bonds. The molecule has 2 aromatic rings. The van der Waals surface area contributed by atoms with Crippen molar-refractivity contribution in [1.82, 2.24) is 9.97 Å². The normalized spacial score (nSPS) is 21.1. The van der Waals surface area contributed by atoms with Crippen LogP contribution in [0.15, 0.2) is 5.38 Å². The van der Waals surface area contributed by atoms with E-state index in [1.165, 1.54) is 22.7 Å². The van der Waals surface area contributed by atoms with Gasteiger partial charge >= 0.3 is 0 Å². The number of carbonyl (C=O) groups is 1. The Morgan fingerprint density at radius 1 is 1.52 bits per heavy atom. The summed E-state index contributed by atoms with van der Waals surface area (Å²) in [4.78, 5) is 21.4. The fourth-order valence-electron chi connectivity index (χ4n) is 2.16. The summed E-state index contributed by atoms with van der Waals surface area (Å²) in [5.74, 6) is -0.402. The first kappa shape index (κ1) is 14.6. The first-order valence-corrected chi connectivity index (χ1v) is 8.24. The highest BCUT2D eigenvalue weighted by molar-refractivity contribution is 7.17. The molecule has 1 fully saturated rings. The molecule has 0 unspecified atom stereocenters. The van der Waals surface area contributed by atoms with E-state index in [0.29, 0.717) is 23.0 Å². The number of hydrogen-bond donors (Lipinski definition) is 2. The second-order valence-electron chi connectivity index (χ2n) is 4.97. The van der Waals surface area contributed by atoms with Gasteiger partial charge in [0.15, 0.2) is 5.13 Å². The van der Waals surface area contributed by atoms with Gasteiger partial charge in [-0.1, -0.05) is 0 Å². The summed E-state index contributed by atoms with van der Waals surface area (Å²) in [6.45, 7) is 1.77. The van der Waals surface area contributed by atoms with Gasteiger partial charge in [-0.15, -0.1) is 22.7 Å². The molecule has 3 rings (SSSR count). The number of amides is 1. The number of aliphatic hydroxyl groups is 1. The SMILES string of the molecule is Cc1nc(CO)sc1-c1csc(NC(=O)C2CC(F)C2)n1. The van der Waals surface area contributed by atoms with Gasteiger partial charge in [-0.05, 0) is 19.8 Å². The quantitative estimate of drug-likeness (QED) is 0.905. The topological polar surface area (TPSA) is 75.1 Å². The Kier molecular flexibility index (Phi) is 4.01. The molecular formula is C13H14FN3O2S2. The number of alkyl halides is 1. The van der Waals surface area contributed by atoms with Gasteiger partial charge in [0.1, 0.15) is 11.2 Å². The van der Waals surface area contributed by atoms with E-state index < -0.39 is 6.17 Å². The van der Waals surface area contributed by atoms with Crippen LogP contribution in [-0.2, 0) is 11.4 Å². The van der Waals surface area contributed by atoms with Crippen LogP contribution < -0.4 is 5.32 Å². The van der Waals surface area contributed by atoms with Crippen LogP contribution in [0.4, 0.5) is 9.52 Å². The molecule has 1 aliphatic carbocycles. The zero-order valence-electron chi connectivity index (χ0n) is 11.3. The van der Waals surface area contributed by atoms with Crippen molar-refractivity contribution in [1.29, 1.82) is 0 Å². The maximum Gasteiger partial charge on any atom is 0.229 e. The molecule has 0 spiro atoms. The highest BCUT2D eigenvalue weighted by Gasteiger charge is 2.34. The van der Waals surface area contributed by atoms with Crippen molar-refractivity contribution in [2.45, 2.75) is 32.5 Å². The van der Waals surface area contributed by atoms with Gasteiger partial charge in [-0.3, -0.25) is 4.79 Å². The Morgan fingerprint density at radius 3 is 2.90 bits per heavy atom. The van der Waals surface area contributed by atoms with E-state index in [4.69, 9.17) is 5.11 Å². The van der Waals surface area contributed by atoms with Crippen molar-refractivity contribution in [3.8, 4) is 10.6 Å². The second-order valence-corrected chi connectivity index (χ2v) is 6.91. The molecule has 0 saturated heterocycles. The fourth-order valence-corrected chi connectivity index (χ4v) is 3.83. The van der Waals surface area contributed by atoms with Gasteiger partial charge in [0.25, 0.3) is 0 Å². The Hall–Kier alpha value is -1.38. The number of hydrogen-bond acceptors (Lipinski definition) is 6. The van der Waals surface area contributed by atoms with Crippen molar-refractivity contribution >= 4 is 33.7 Å². The van der Waals surface area contributed by atoms with Crippen LogP contribution in [0, 0.1) is 12.8 Å². The molecule has 2 N–H and O–H groups in total. The molecule has 8 heteroatoms. The smallest absolute Gasteiger partial charge is 0.229 e. The molecule has 0 atom stereocenters. The number of aromatic nitrogens is 2. The van der Waals surface area contributed by atoms with Gasteiger partial charge in [0, 0.05) is 11.3 Å². The zero-order valence-corrected chi connectivity index (χ0v) is 12.9. The third-order valence-corrected chi connectivity index (χ3v) is 5.32. The molecule has 21 heavy (non-hydrogen) atoms. The van der Waals surface area contributed by atoms with E-state index in [1.54, 1.807) is 0 Å². The second kappa shape index (κ2) is 5.78. The molecule has 112 valence electrons. The number of rotatable bonds is 4. The molecule has 0 radical (unpaired) electrons. The molecule has 2 heterocycles. The van der Waals surface area contributed by atoms with Crippen molar-refractivity contribution < 1.29 is 14.3 Å². The third-order valence-electron chi connectivity index (χ3n) is 3.39. The minimum Gasteiger partial charge on any atom is -0.389 e. The summed E-state index contributed by atoms with van der Waals surface area (Å²) < 4.78 is 12.8. The molecule has 0 aliphatic heterocycles. The van der Waals surface area contributed by atoms with Crippen LogP contribution >= 0.6 is 22.7 Å². The highest BCUT2D eigenvalue weighted by atomic mass is 32.1. The van der Waals surface area contributed by atoms with Crippen LogP contribution in [0.2, 0.25) is 0 Å². The van der Waals surface area contributed by atoms with Crippen LogP contribution in [0.25, 0.3) is 10.6 Å². The Labute approximate surface area is 128 Å². The maximum absolute atomic E-state index is 12.8. The van der Waals surface area contributed by atoms with E-state index in [-0.39, 0.29) is 18.4 Å². The monoisotopic (exact) mass is 327 g/mol. The van der Waals surface area contributed by atoms with Gasteiger partial charge in [-0.25, -0.2) is 14.4 Å². The minimum atomic E-state index is -0.843. The van der Waals surface area contributed by atoms with Gasteiger partial charge in [0.2, 0.25) is 5.91 Å². The van der Waals surface area contributed by atoms with Crippen LogP contribution in [-0.4, -0.2) is 27.2 Å². The standard InChI is InChI=1S/C13H14FN3O2S2/c1-6-11(21-10(4-18)15-6)9-5-20-13(16-9)17-12(19)7-2-8(14)3-7/h5,7-8,18H,2-4H2,1H3,(H,16,17,19). The Balaban J connectivity index is 1.71. The number of aryl methyl sites for hydroxylation is 1. The van der Waals surface area contributed by atoms with Crippen LogP contribution in [0.5, 0.6) is 0 Å². The minimum absolute atomic E-state index is 0.0920. The van der Waals surface area contributed by atoms with Gasteiger partial charge < -0.3 is 10.4 Å². The van der Waals surface area contributed by atoms with Crippen molar-refractivity contribution in [3.63, 3.8) is 0 Å². The van der Waals surface area contributed by atoms with E-state index in [2.05, 4.69) is 15.3 Å². The Bertz CT molecular complexity index is 664. The summed E-state index contributed by atoms with van der Waals surface area (Å²) in [6.07, 6.45) is -0.236. The van der Waals surface area contributed by atoms with E-state index in [1.807, 2.05) is 12.3 Å². The molecule has 0 bridgehead atoms. The number of nitrogens with one attached hydrogen (secondary N) is 1. The molecular weight excluding hydrogens is 313 g/mol. The van der Waals surface area contributed by atoms with E-state index in [0.717, 1.165) is 16.3 Å². The van der Waals surface area contributed by atoms with E-state index in [9.17, 15) is 9.18 Å². The lowest BCUT2D eigenvalue weighted by molar-refractivity contribution is -0.124. The number of aliphatic hydroxyl groups excluding tert-OH is 1. The summed E-state index contributed by atoms with van der Waals surface area (Å²) in [5, 5.41) is 14.8. The largest absolute Gasteiger partial charge is 0.389 e. The predicted molar refractivity (Wildman–Crippen MR) is 80.1 cm³/mol. The predicted octanol–water partition coefficient (Wildman–Crippen LogP) is 2.75. The van der Waals surface area contributed by atoms with Crippen molar-refractivity contribution in [2.75, 3.05) is 5.32 Å². The zero-order chi connectivity index (χ0) is 15.0. The average molecular weight is 327 g/mol. The first-order valence-electron chi connectivity index (χ1n) is 6.54. The van der Waals surface area contributed by atoms with E-state index >= 15 is 0 Å². The summed E-state index contributed by atoms with van der Waals surface area (Å²) >= 11 is 2.72. The molecule has 0 aromatic carbocycles. The molecule has 5 nitrogen and oxygen atoms in total. The number of anilines is 1. The summed E-state index contributed by atoms with van der Waals surface area (Å²) in [7, 11) is 0. The van der Waals surface area contributed by atoms with Crippen molar-refractivity contribution in [3.05, 3.63) is 16.1 Å². The van der Waals surface area contributed by atoms with Crippen molar-refractivity contribution in [2.24, 2.45) is 5.92 Å². The molecule has 1 saturated carbocycles. The Morgan fingerprint density at radius 2 is 2.29 bits per heavy atom. The molecule has 2 aromatic heterocycles. The van der Waals surface area contributed by atoms with Gasteiger partial charge in [-0.2, -0.15) is 0 Å².